The first kappa shape index (κ1) is 6.10. The summed E-state index contributed by atoms with van der Waals surface area (Å²) in [4.78, 5) is 0. The van der Waals surface area contributed by atoms with Crippen molar-refractivity contribution in [2.75, 3.05) is 0 Å². The Balaban J connectivity index is 2.32. The van der Waals surface area contributed by atoms with Crippen LogP contribution >= 0.6 is 19.7 Å². The molecule has 0 heterocycles. The topological polar surface area (TPSA) is 0 Å². The second-order valence-electron chi connectivity index (χ2n) is 0.119. The van der Waals surface area contributed by atoms with E-state index in [9.17, 15) is 0 Å². The third-order valence-corrected chi connectivity index (χ3v) is 0. The van der Waals surface area contributed by atoms with E-state index in [1.165, 1.54) is 0 Å². The van der Waals surface area contributed by atoms with Gasteiger partial charge in [0.05, 0.1) is 0 Å². The molecule has 4 heavy (non-hydrogen) atoms. The minimum atomic E-state index is -1.66. The molecule has 0 unspecified atom stereocenters. The van der Waals surface area contributed by atoms with Gasteiger partial charge in [0.15, 0.2) is 0 Å². The van der Waals surface area contributed by atoms with E-state index in [-0.39, 0.29) is 0 Å². The van der Waals surface area contributed by atoms with Crippen LogP contribution < -0.4 is 0 Å². The summed E-state index contributed by atoms with van der Waals surface area (Å²) in [5, 5.41) is 0. The quantitative estimate of drug-likeness (QED) is 0.635. The summed E-state index contributed by atoms with van der Waals surface area (Å²) in [6.45, 7) is 14.8. The van der Waals surface area contributed by atoms with Crippen LogP contribution in [-0.2, 0) is 0 Å². The summed E-state index contributed by atoms with van der Waals surface area (Å²) >= 11 is -1.66. The summed E-state index contributed by atoms with van der Waals surface area (Å²) in [6, 6.07) is 0. The molecule has 0 saturated carbocycles. The van der Waals surface area contributed by atoms with Crippen LogP contribution in [0.4, 0.5) is 0 Å². The molecular formula is Cl3Tm. The van der Waals surface area contributed by atoms with Crippen LogP contribution in [0.3, 0.4) is 0 Å². The molecule has 0 rings (SSSR count). The first-order valence-electron chi connectivity index (χ1n) is 0.314. The summed E-state index contributed by atoms with van der Waals surface area (Å²) in [5.74, 6) is 0. The third-order valence-electron chi connectivity index (χ3n) is 0. The first-order chi connectivity index (χ1) is 1.73. The summed E-state index contributed by atoms with van der Waals surface area (Å²) in [7, 11) is 0. The molecule has 0 radical (unpaired) electrons. The molecule has 0 aromatic rings. The normalized spacial score (nSPS) is 11.2. The van der Waals surface area contributed by atoms with E-state index >= 15 is 0 Å². The van der Waals surface area contributed by atoms with Crippen molar-refractivity contribution in [3.8, 4) is 0 Å². The van der Waals surface area contributed by atoms with Crippen molar-refractivity contribution in [2.45, 2.75) is 0 Å². The zero-order valence-electron chi connectivity index (χ0n) is 1.41. The molecule has 0 aliphatic rings. The van der Waals surface area contributed by atoms with E-state index in [4.69, 9.17) is 19.7 Å². The summed E-state index contributed by atoms with van der Waals surface area (Å²) in [5.41, 5.74) is 0. The molecule has 0 N–H and O–H groups in total. The average Bonchev–Trinajstić information content (AvgIpc) is 0.811. The minimum absolute atomic E-state index is 1.66. The Morgan fingerprint density at radius 1 is 1.00 bits per heavy atom. The van der Waals surface area contributed by atoms with Crippen LogP contribution in [-0.4, -0.2) is 0 Å². The predicted molar refractivity (Wildman–Crippen MR) is 17.6 cm³/mol. The van der Waals surface area contributed by atoms with Crippen molar-refractivity contribution >= 4 is 19.7 Å². The van der Waals surface area contributed by atoms with Gasteiger partial charge in [0.2, 0.25) is 0 Å². The molecule has 0 atom stereocenters. The molecule has 0 aromatic carbocycles. The second kappa shape index (κ2) is 3.30. The average molecular weight is 275 g/mol. The van der Waals surface area contributed by atoms with Gasteiger partial charge in [-0.2, -0.15) is 0 Å². The van der Waals surface area contributed by atoms with E-state index in [0.29, 0.717) is 0 Å². The molecule has 0 aliphatic heterocycles. The van der Waals surface area contributed by atoms with Crippen molar-refractivity contribution in [2.24, 2.45) is 0 Å². The fourth-order valence-corrected chi connectivity index (χ4v) is 0. The van der Waals surface area contributed by atoms with Gasteiger partial charge in [-0.05, 0) is 0 Å². The Labute approximate surface area is 45.4 Å². The summed E-state index contributed by atoms with van der Waals surface area (Å²) < 4.78 is 0. The molecule has 0 fully saturated rings. The van der Waals surface area contributed by atoms with Crippen LogP contribution in [0.15, 0.2) is 0 Å². The molecule has 0 amide bonds. The molecule has 0 aliphatic carbocycles. The fraction of sp³-hybridized carbons (Fsp3) is 0. The number of hydrogen-bond donors (Lipinski definition) is 0. The molecule has 4 heteroatoms. The predicted octanol–water partition coefficient (Wildman–Crippen LogP) is 2.07. The van der Waals surface area contributed by atoms with Crippen molar-refractivity contribution < 1.29 is 26.7 Å². The molecule has 0 bridgehead atoms. The molecule has 0 aromatic heterocycles. The van der Waals surface area contributed by atoms with Crippen molar-refractivity contribution in [1.29, 1.82) is 0 Å². The molecular weight excluding hydrogens is 275 g/mol. The van der Waals surface area contributed by atoms with Crippen molar-refractivity contribution in [3.05, 3.63) is 0 Å². The fourth-order valence-electron chi connectivity index (χ4n) is 0. The SMILES string of the molecule is [Cl][Tm]([Cl])[Cl]. The Kier molecular flexibility index (Phi) is 5.04. The Morgan fingerprint density at radius 3 is 1.00 bits per heavy atom. The van der Waals surface area contributed by atoms with Gasteiger partial charge >= 0.3 is 46.3 Å². The van der Waals surface area contributed by atoms with Crippen molar-refractivity contribution in [1.82, 2.24) is 0 Å². The van der Waals surface area contributed by atoms with Crippen LogP contribution in [0.1, 0.15) is 0 Å². The van der Waals surface area contributed by atoms with Crippen LogP contribution in [0.5, 0.6) is 0 Å². The standard InChI is InChI=1S/3ClH.Tm/h3*1H;/q;;;+3/p-3. The van der Waals surface area contributed by atoms with Crippen molar-refractivity contribution in [3.63, 3.8) is 0 Å². The Hall–Kier alpha value is 2.10. The maximum atomic E-state index is 4.94. The summed E-state index contributed by atoms with van der Waals surface area (Å²) in [6.07, 6.45) is 0. The molecule has 0 saturated heterocycles. The molecule has 0 nitrogen and oxygen atoms in total. The van der Waals surface area contributed by atoms with Crippen LogP contribution in [0, 0.1) is 26.7 Å². The number of hydrogen-bond acceptors (Lipinski definition) is 0. The van der Waals surface area contributed by atoms with Gasteiger partial charge in [0, 0.05) is 0 Å². The van der Waals surface area contributed by atoms with Gasteiger partial charge in [-0.25, -0.2) is 0 Å². The van der Waals surface area contributed by atoms with Crippen LogP contribution in [0.25, 0.3) is 0 Å². The third kappa shape index (κ3) is 8.93. The van der Waals surface area contributed by atoms with Gasteiger partial charge in [-0.1, -0.05) is 0 Å². The number of halogens is 3. The Morgan fingerprint density at radius 2 is 1.00 bits per heavy atom. The van der Waals surface area contributed by atoms with Gasteiger partial charge in [0.25, 0.3) is 0 Å². The molecule has 0 spiro atoms. The molecule has 34 valence electrons. The van der Waals surface area contributed by atoms with E-state index in [2.05, 4.69) is 0 Å². The van der Waals surface area contributed by atoms with Gasteiger partial charge in [-0.15, -0.1) is 0 Å². The van der Waals surface area contributed by atoms with Gasteiger partial charge in [0.1, 0.15) is 0 Å². The Bertz CT molecular complexity index is 8.00. The zero-order valence-corrected chi connectivity index (χ0v) is 5.46. The van der Waals surface area contributed by atoms with E-state index in [1.54, 1.807) is 0 Å². The van der Waals surface area contributed by atoms with Gasteiger partial charge < -0.3 is 0 Å². The second-order valence-corrected chi connectivity index (χ2v) is 7.93. The van der Waals surface area contributed by atoms with Crippen LogP contribution in [0.2, 0.25) is 0 Å². The zero-order chi connectivity index (χ0) is 3.58. The monoisotopic (exact) mass is 274 g/mol. The van der Waals surface area contributed by atoms with E-state index in [1.807, 2.05) is 0 Å². The van der Waals surface area contributed by atoms with Gasteiger partial charge in [-0.3, -0.25) is 0 Å². The van der Waals surface area contributed by atoms with E-state index in [0.717, 1.165) is 0 Å². The van der Waals surface area contributed by atoms with E-state index < -0.39 is 26.7 Å². The maximum absolute atomic E-state index is 4.94. The number of rotatable bonds is 0. The first-order valence-corrected chi connectivity index (χ1v) is 7.00.